The molecule has 1 N–H and O–H groups in total. The van der Waals surface area contributed by atoms with Gasteiger partial charge in [-0.05, 0) is 41.0 Å². The van der Waals surface area contributed by atoms with Gasteiger partial charge in [-0.1, -0.05) is 31.5 Å². The highest BCUT2D eigenvalue weighted by Gasteiger charge is 2.26. The summed E-state index contributed by atoms with van der Waals surface area (Å²) in [7, 11) is 0. The van der Waals surface area contributed by atoms with Gasteiger partial charge in [0.1, 0.15) is 0 Å². The van der Waals surface area contributed by atoms with E-state index >= 15 is 0 Å². The van der Waals surface area contributed by atoms with Crippen LogP contribution in [0.4, 0.5) is 0 Å². The molecular weight excluding hydrogens is 270 g/mol. The Hall–Kier alpha value is -0.510. The van der Waals surface area contributed by atoms with Crippen LogP contribution in [0.5, 0.6) is 0 Å². The van der Waals surface area contributed by atoms with E-state index in [2.05, 4.69) is 53.6 Å². The van der Waals surface area contributed by atoms with Gasteiger partial charge in [-0.15, -0.1) is 11.3 Å². The van der Waals surface area contributed by atoms with Crippen LogP contribution in [0.2, 0.25) is 0 Å². The largest absolute Gasteiger partial charge is 0.309 e. The third-order valence-electron chi connectivity index (χ3n) is 3.95. The lowest BCUT2D eigenvalue weighted by atomic mass is 10.1. The van der Waals surface area contributed by atoms with Crippen LogP contribution in [0.25, 0.3) is 10.1 Å². The standard InChI is InChI=1S/C16H21NS2/c1-2-18-16-9-5-7-14(16)17-10-12-11-19-15-8-4-3-6-13(12)15/h3-4,6,8,11,14,16-17H,2,5,7,9-10H2,1H3. The van der Waals surface area contributed by atoms with Crippen molar-refractivity contribution in [3.05, 3.63) is 35.2 Å². The van der Waals surface area contributed by atoms with Gasteiger partial charge in [-0.2, -0.15) is 11.8 Å². The highest BCUT2D eigenvalue weighted by Crippen LogP contribution is 2.31. The molecule has 3 rings (SSSR count). The molecule has 2 aromatic rings. The maximum absolute atomic E-state index is 3.80. The predicted molar refractivity (Wildman–Crippen MR) is 88.2 cm³/mol. The molecule has 1 fully saturated rings. The topological polar surface area (TPSA) is 12.0 Å². The summed E-state index contributed by atoms with van der Waals surface area (Å²) in [6.45, 7) is 3.29. The first-order valence-corrected chi connectivity index (χ1v) is 9.11. The number of hydrogen-bond acceptors (Lipinski definition) is 3. The molecule has 2 unspecified atom stereocenters. The molecule has 0 amide bonds. The molecule has 1 aromatic heterocycles. The fourth-order valence-electron chi connectivity index (χ4n) is 2.98. The second kappa shape index (κ2) is 6.29. The second-order valence-electron chi connectivity index (χ2n) is 5.17. The Balaban J connectivity index is 1.65. The monoisotopic (exact) mass is 291 g/mol. The van der Waals surface area contributed by atoms with Gasteiger partial charge in [0.2, 0.25) is 0 Å². The lowest BCUT2D eigenvalue weighted by Crippen LogP contribution is -2.33. The number of thioether (sulfide) groups is 1. The summed E-state index contributed by atoms with van der Waals surface area (Å²) in [5.41, 5.74) is 1.47. The summed E-state index contributed by atoms with van der Waals surface area (Å²) >= 11 is 3.99. The molecule has 0 bridgehead atoms. The number of hydrogen-bond donors (Lipinski definition) is 1. The molecule has 19 heavy (non-hydrogen) atoms. The van der Waals surface area contributed by atoms with E-state index in [4.69, 9.17) is 0 Å². The summed E-state index contributed by atoms with van der Waals surface area (Å²) in [6.07, 6.45) is 4.13. The highest BCUT2D eigenvalue weighted by molar-refractivity contribution is 7.99. The van der Waals surface area contributed by atoms with E-state index in [9.17, 15) is 0 Å². The molecular formula is C16H21NS2. The van der Waals surface area contributed by atoms with Crippen molar-refractivity contribution in [1.82, 2.24) is 5.32 Å². The summed E-state index contributed by atoms with van der Waals surface area (Å²) in [5.74, 6) is 1.24. The number of fused-ring (bicyclic) bond motifs is 1. The van der Waals surface area contributed by atoms with E-state index in [0.29, 0.717) is 6.04 Å². The van der Waals surface area contributed by atoms with Crippen LogP contribution in [0, 0.1) is 0 Å². The third-order valence-corrected chi connectivity index (χ3v) is 6.29. The number of benzene rings is 1. The van der Waals surface area contributed by atoms with Crippen molar-refractivity contribution in [2.75, 3.05) is 5.75 Å². The first-order valence-electron chi connectivity index (χ1n) is 7.18. The van der Waals surface area contributed by atoms with Gasteiger partial charge < -0.3 is 5.32 Å². The van der Waals surface area contributed by atoms with E-state index in [0.717, 1.165) is 11.8 Å². The zero-order chi connectivity index (χ0) is 13.1. The fourth-order valence-corrected chi connectivity index (χ4v) is 5.17. The van der Waals surface area contributed by atoms with Gasteiger partial charge in [-0.25, -0.2) is 0 Å². The second-order valence-corrected chi connectivity index (χ2v) is 7.60. The van der Waals surface area contributed by atoms with Crippen molar-refractivity contribution in [1.29, 1.82) is 0 Å². The van der Waals surface area contributed by atoms with Crippen LogP contribution in [0.15, 0.2) is 29.6 Å². The van der Waals surface area contributed by atoms with Crippen LogP contribution in [0.1, 0.15) is 31.7 Å². The Morgan fingerprint density at radius 1 is 1.32 bits per heavy atom. The fraction of sp³-hybridized carbons (Fsp3) is 0.500. The van der Waals surface area contributed by atoms with Crippen molar-refractivity contribution in [2.24, 2.45) is 0 Å². The van der Waals surface area contributed by atoms with Gasteiger partial charge in [0.25, 0.3) is 0 Å². The summed E-state index contributed by atoms with van der Waals surface area (Å²) in [5, 5.41) is 8.37. The quantitative estimate of drug-likeness (QED) is 0.859. The Morgan fingerprint density at radius 2 is 2.21 bits per heavy atom. The molecule has 1 saturated carbocycles. The minimum absolute atomic E-state index is 0.712. The van der Waals surface area contributed by atoms with Crippen molar-refractivity contribution in [2.45, 2.75) is 44.0 Å². The normalized spacial score (nSPS) is 23.2. The summed E-state index contributed by atoms with van der Waals surface area (Å²) in [4.78, 5) is 0. The van der Waals surface area contributed by atoms with Gasteiger partial charge >= 0.3 is 0 Å². The number of rotatable bonds is 5. The van der Waals surface area contributed by atoms with Crippen LogP contribution < -0.4 is 5.32 Å². The Labute approximate surface area is 123 Å². The maximum Gasteiger partial charge on any atom is 0.0346 e. The predicted octanol–water partition coefficient (Wildman–Crippen LogP) is 4.67. The van der Waals surface area contributed by atoms with Gasteiger partial charge in [0.05, 0.1) is 0 Å². The summed E-state index contributed by atoms with van der Waals surface area (Å²) < 4.78 is 1.41. The minimum Gasteiger partial charge on any atom is -0.309 e. The highest BCUT2D eigenvalue weighted by atomic mass is 32.2. The van der Waals surface area contributed by atoms with E-state index in [1.54, 1.807) is 0 Å². The zero-order valence-electron chi connectivity index (χ0n) is 11.4. The molecule has 0 aliphatic heterocycles. The van der Waals surface area contributed by atoms with E-state index in [1.165, 1.54) is 40.7 Å². The molecule has 1 heterocycles. The molecule has 102 valence electrons. The van der Waals surface area contributed by atoms with Crippen LogP contribution >= 0.6 is 23.1 Å². The average molecular weight is 291 g/mol. The molecule has 0 saturated heterocycles. The molecule has 3 heteroatoms. The molecule has 1 aliphatic carbocycles. The average Bonchev–Trinajstić information content (AvgIpc) is 3.04. The minimum atomic E-state index is 0.712. The molecule has 1 nitrogen and oxygen atoms in total. The first kappa shape index (κ1) is 13.5. The van der Waals surface area contributed by atoms with Gasteiger partial charge in [0, 0.05) is 22.5 Å². The van der Waals surface area contributed by atoms with Gasteiger partial charge in [-0.3, -0.25) is 0 Å². The van der Waals surface area contributed by atoms with Crippen LogP contribution in [-0.4, -0.2) is 17.0 Å². The van der Waals surface area contributed by atoms with E-state index in [-0.39, 0.29) is 0 Å². The number of nitrogens with one attached hydrogen (secondary N) is 1. The lowest BCUT2D eigenvalue weighted by molar-refractivity contribution is 0.534. The molecule has 1 aromatic carbocycles. The summed E-state index contributed by atoms with van der Waals surface area (Å²) in [6, 6.07) is 9.44. The maximum atomic E-state index is 3.80. The molecule has 1 aliphatic rings. The molecule has 0 spiro atoms. The Morgan fingerprint density at radius 3 is 3.11 bits per heavy atom. The van der Waals surface area contributed by atoms with Crippen molar-refractivity contribution >= 4 is 33.2 Å². The van der Waals surface area contributed by atoms with Crippen molar-refractivity contribution in [3.8, 4) is 0 Å². The Kier molecular flexibility index (Phi) is 4.46. The molecule has 0 radical (unpaired) electrons. The molecule has 2 atom stereocenters. The lowest BCUT2D eigenvalue weighted by Gasteiger charge is -2.20. The van der Waals surface area contributed by atoms with Crippen LogP contribution in [-0.2, 0) is 6.54 Å². The third kappa shape index (κ3) is 2.99. The van der Waals surface area contributed by atoms with Gasteiger partial charge in [0.15, 0.2) is 0 Å². The Bertz CT molecular complexity index is 534. The smallest absolute Gasteiger partial charge is 0.0346 e. The number of thiophene rings is 1. The first-order chi connectivity index (χ1) is 9.38. The van der Waals surface area contributed by atoms with Crippen molar-refractivity contribution < 1.29 is 0 Å². The SMILES string of the molecule is CCSC1CCCC1NCc1csc2ccccc12. The van der Waals surface area contributed by atoms with E-state index in [1.807, 2.05) is 11.3 Å². The van der Waals surface area contributed by atoms with Crippen LogP contribution in [0.3, 0.4) is 0 Å². The van der Waals surface area contributed by atoms with Crippen molar-refractivity contribution in [3.63, 3.8) is 0 Å². The zero-order valence-corrected chi connectivity index (χ0v) is 13.0. The van der Waals surface area contributed by atoms with E-state index < -0.39 is 0 Å².